The molecular weight excluding hydrogens is 647 g/mol. The number of hydrogen-bond donors (Lipinski definition) is 5. The summed E-state index contributed by atoms with van der Waals surface area (Å²) in [6.07, 6.45) is 4.06. The molecule has 0 heterocycles. The molecular formula is C20H58AlO10P5Zn. The SMILES string of the molecule is CCP(=O)(O)CC.CCP(=O)(O)CC.CCP(=O)(O)CC.CCP(=O)(O)CC.CCP(=O)(O)CC.[AlH3].[Zn]. The summed E-state index contributed by atoms with van der Waals surface area (Å²) in [7, 11) is -13.3. The van der Waals surface area contributed by atoms with E-state index in [0.29, 0.717) is 61.6 Å². The van der Waals surface area contributed by atoms with Crippen molar-refractivity contribution in [3.8, 4) is 0 Å². The Labute approximate surface area is 250 Å². The smallest absolute Gasteiger partial charge is 0.200 e. The Kier molecular flexibility index (Phi) is 44.1. The van der Waals surface area contributed by atoms with Gasteiger partial charge in [0, 0.05) is 81.1 Å². The van der Waals surface area contributed by atoms with Crippen molar-refractivity contribution in [2.75, 3.05) is 61.6 Å². The molecule has 0 saturated heterocycles. The summed E-state index contributed by atoms with van der Waals surface area (Å²) in [5.41, 5.74) is 0. The summed E-state index contributed by atoms with van der Waals surface area (Å²) in [4.78, 5) is 43.4. The van der Waals surface area contributed by atoms with Crippen LogP contribution in [0.4, 0.5) is 0 Å². The van der Waals surface area contributed by atoms with E-state index in [-0.39, 0.29) is 36.8 Å². The van der Waals surface area contributed by atoms with Crippen LogP contribution < -0.4 is 0 Å². The largest absolute Gasteiger partial charge is 0.344 e. The first-order valence-corrected chi connectivity index (χ1v) is 22.3. The van der Waals surface area contributed by atoms with Crippen molar-refractivity contribution in [1.82, 2.24) is 0 Å². The van der Waals surface area contributed by atoms with Crippen molar-refractivity contribution in [2.24, 2.45) is 0 Å². The number of rotatable bonds is 10. The Morgan fingerprint density at radius 2 is 0.378 bits per heavy atom. The molecule has 228 valence electrons. The fourth-order valence-electron chi connectivity index (χ4n) is 1.12. The van der Waals surface area contributed by atoms with E-state index in [1.165, 1.54) is 0 Å². The van der Waals surface area contributed by atoms with Crippen LogP contribution in [0.3, 0.4) is 0 Å². The van der Waals surface area contributed by atoms with Gasteiger partial charge in [0.15, 0.2) is 54.2 Å². The van der Waals surface area contributed by atoms with Gasteiger partial charge in [-0.2, -0.15) is 0 Å². The number of hydrogen-bond acceptors (Lipinski definition) is 5. The van der Waals surface area contributed by atoms with Gasteiger partial charge in [-0.3, -0.25) is 22.8 Å². The summed E-state index contributed by atoms with van der Waals surface area (Å²) in [6, 6.07) is 0. The zero-order chi connectivity index (χ0) is 29.6. The fraction of sp³-hybridized carbons (Fsp3) is 1.00. The van der Waals surface area contributed by atoms with Gasteiger partial charge >= 0.3 is 0 Å². The normalized spacial score (nSPS) is 11.2. The van der Waals surface area contributed by atoms with Crippen molar-refractivity contribution in [2.45, 2.75) is 69.2 Å². The maximum atomic E-state index is 10.5. The molecule has 0 aliphatic heterocycles. The molecule has 0 aromatic carbocycles. The van der Waals surface area contributed by atoms with Gasteiger partial charge in [-0.25, -0.2) is 0 Å². The Balaban J connectivity index is -0.0000000600. The van der Waals surface area contributed by atoms with Gasteiger partial charge in [0.2, 0.25) is 0 Å². The van der Waals surface area contributed by atoms with Gasteiger partial charge in [0.25, 0.3) is 0 Å². The maximum absolute atomic E-state index is 10.5. The molecule has 0 unspecified atom stereocenters. The Morgan fingerprint density at radius 1 is 0.324 bits per heavy atom. The second kappa shape index (κ2) is 29.6. The Bertz CT molecular complexity index is 561. The second-order valence-corrected chi connectivity index (χ2v) is 22.2. The van der Waals surface area contributed by atoms with Gasteiger partial charge in [0.1, 0.15) is 0 Å². The molecule has 10 nitrogen and oxygen atoms in total. The second-order valence-electron chi connectivity index (χ2n) is 7.39. The molecule has 0 bridgehead atoms. The minimum Gasteiger partial charge on any atom is -0.344 e. The molecule has 0 fully saturated rings. The summed E-state index contributed by atoms with van der Waals surface area (Å²) >= 11 is 0. The van der Waals surface area contributed by atoms with Crippen molar-refractivity contribution >= 4 is 54.2 Å². The molecule has 37 heavy (non-hydrogen) atoms. The monoisotopic (exact) mass is 704 g/mol. The van der Waals surface area contributed by atoms with E-state index in [1.807, 2.05) is 0 Å². The van der Waals surface area contributed by atoms with E-state index < -0.39 is 36.8 Å². The summed E-state index contributed by atoms with van der Waals surface area (Å²) in [6.45, 7) is 17.3. The first-order valence-electron chi connectivity index (χ1n) is 12.1. The van der Waals surface area contributed by atoms with Crippen molar-refractivity contribution < 1.29 is 66.8 Å². The van der Waals surface area contributed by atoms with Crippen molar-refractivity contribution in [1.29, 1.82) is 0 Å². The predicted octanol–water partition coefficient (Wildman–Crippen LogP) is 5.30. The van der Waals surface area contributed by atoms with Crippen molar-refractivity contribution in [3.05, 3.63) is 0 Å². The van der Waals surface area contributed by atoms with E-state index in [2.05, 4.69) is 0 Å². The molecule has 0 atom stereocenters. The minimum atomic E-state index is -2.65. The summed E-state index contributed by atoms with van der Waals surface area (Å²) in [5.74, 6) is 0. The third-order valence-corrected chi connectivity index (χ3v) is 14.8. The molecule has 5 N–H and O–H groups in total. The predicted molar refractivity (Wildman–Crippen MR) is 164 cm³/mol. The average Bonchev–Trinajstić information content (AvgIpc) is 2.85. The molecule has 0 aliphatic carbocycles. The zero-order valence-corrected chi connectivity index (χ0v) is 31.7. The van der Waals surface area contributed by atoms with E-state index in [1.54, 1.807) is 69.2 Å². The topological polar surface area (TPSA) is 186 Å². The van der Waals surface area contributed by atoms with Crippen LogP contribution in [-0.2, 0) is 42.3 Å². The van der Waals surface area contributed by atoms with Crippen LogP contribution in [0, 0.1) is 0 Å². The van der Waals surface area contributed by atoms with Crippen LogP contribution in [0.2, 0.25) is 0 Å². The van der Waals surface area contributed by atoms with E-state index in [0.717, 1.165) is 0 Å². The molecule has 0 aliphatic rings. The molecule has 0 spiro atoms. The van der Waals surface area contributed by atoms with Crippen LogP contribution in [0.1, 0.15) is 69.2 Å². The van der Waals surface area contributed by atoms with Crippen LogP contribution in [0.5, 0.6) is 0 Å². The maximum Gasteiger partial charge on any atom is 0.200 e. The third-order valence-electron chi connectivity index (χ3n) is 4.94. The molecule has 0 aromatic heterocycles. The van der Waals surface area contributed by atoms with Crippen molar-refractivity contribution in [3.63, 3.8) is 0 Å². The average molecular weight is 706 g/mol. The quantitative estimate of drug-likeness (QED) is 0.148. The van der Waals surface area contributed by atoms with Gasteiger partial charge in [-0.05, 0) is 0 Å². The first kappa shape index (κ1) is 55.1. The first-order chi connectivity index (χ1) is 15.6. The van der Waals surface area contributed by atoms with Gasteiger partial charge in [-0.1, -0.05) is 69.2 Å². The molecule has 0 rings (SSSR count). The summed E-state index contributed by atoms with van der Waals surface area (Å²) < 4.78 is 52.5. The van der Waals surface area contributed by atoms with Crippen LogP contribution >= 0.6 is 36.8 Å². The van der Waals surface area contributed by atoms with Crippen LogP contribution in [0.15, 0.2) is 0 Å². The standard InChI is InChI=1S/5C4H11O2P.Al.Zn.3H/c5*1-3-7(5,6)4-2;;;;;/h5*3-4H2,1-2H3,(H,5,6);;;;;. The molecule has 0 saturated carbocycles. The molecule has 0 aromatic rings. The van der Waals surface area contributed by atoms with Gasteiger partial charge in [-0.15, -0.1) is 0 Å². The summed E-state index contributed by atoms with van der Waals surface area (Å²) in [5, 5.41) is 0. The third kappa shape index (κ3) is 48.2. The minimum absolute atomic E-state index is 0. The molecule has 17 heteroatoms. The molecule has 0 amide bonds. The van der Waals surface area contributed by atoms with Crippen LogP contribution in [-0.4, -0.2) is 103 Å². The zero-order valence-electron chi connectivity index (χ0n) is 24.3. The Hall–Kier alpha value is 2.11. The van der Waals surface area contributed by atoms with Crippen LogP contribution in [0.25, 0.3) is 0 Å². The molecule has 0 radical (unpaired) electrons. The van der Waals surface area contributed by atoms with E-state index in [4.69, 9.17) is 24.5 Å². The van der Waals surface area contributed by atoms with E-state index >= 15 is 0 Å². The van der Waals surface area contributed by atoms with E-state index in [9.17, 15) is 22.8 Å². The Morgan fingerprint density at radius 3 is 0.378 bits per heavy atom. The van der Waals surface area contributed by atoms with Gasteiger partial charge < -0.3 is 24.5 Å². The fourth-order valence-corrected chi connectivity index (χ4v) is 3.35. The van der Waals surface area contributed by atoms with Gasteiger partial charge in [0.05, 0.1) is 0 Å².